The summed E-state index contributed by atoms with van der Waals surface area (Å²) in [5, 5.41) is 8.85. The van der Waals surface area contributed by atoms with Gasteiger partial charge in [0.25, 0.3) is 5.91 Å². The van der Waals surface area contributed by atoms with Crippen LogP contribution in [0.5, 0.6) is 0 Å². The molecule has 1 N–H and O–H groups in total. The summed E-state index contributed by atoms with van der Waals surface area (Å²) in [7, 11) is 0. The molecular weight excluding hydrogens is 254 g/mol. The first-order valence-electron chi connectivity index (χ1n) is 7.19. The average molecular weight is 279 g/mol. The Bertz CT molecular complexity index is 401. The number of ether oxygens (including phenoxy) is 1. The fourth-order valence-corrected chi connectivity index (χ4v) is 1.85. The van der Waals surface area contributed by atoms with Crippen molar-refractivity contribution in [2.75, 3.05) is 19.7 Å². The van der Waals surface area contributed by atoms with Crippen LogP contribution in [0.2, 0.25) is 0 Å². The molecule has 0 unspecified atom stereocenters. The maximum Gasteiger partial charge on any atom is 0.253 e. The Morgan fingerprint density at radius 1 is 1.30 bits per heavy atom. The van der Waals surface area contributed by atoms with Crippen LogP contribution in [0.25, 0.3) is 0 Å². The van der Waals surface area contributed by atoms with Gasteiger partial charge in [-0.25, -0.2) is 0 Å². The second kappa shape index (κ2) is 8.72. The minimum Gasteiger partial charge on any atom is -0.396 e. The number of aliphatic hydroxyl groups is 1. The Kier molecular flexibility index (Phi) is 7.26. The van der Waals surface area contributed by atoms with Gasteiger partial charge in [0, 0.05) is 25.3 Å². The van der Waals surface area contributed by atoms with E-state index < -0.39 is 0 Å². The van der Waals surface area contributed by atoms with Crippen molar-refractivity contribution in [3.8, 4) is 0 Å². The molecule has 1 aromatic rings. The van der Waals surface area contributed by atoms with Gasteiger partial charge in [0.1, 0.15) is 0 Å². The van der Waals surface area contributed by atoms with Crippen LogP contribution >= 0.6 is 0 Å². The highest BCUT2D eigenvalue weighted by atomic mass is 16.5. The van der Waals surface area contributed by atoms with Gasteiger partial charge in [-0.3, -0.25) is 4.79 Å². The van der Waals surface area contributed by atoms with E-state index in [1.807, 2.05) is 45.0 Å². The number of amides is 1. The number of benzene rings is 1. The molecule has 0 atom stereocenters. The summed E-state index contributed by atoms with van der Waals surface area (Å²) in [5.41, 5.74) is 1.74. The quantitative estimate of drug-likeness (QED) is 0.795. The minimum absolute atomic E-state index is 0.0114. The van der Waals surface area contributed by atoms with Gasteiger partial charge in [-0.05, 0) is 44.9 Å². The van der Waals surface area contributed by atoms with Crippen molar-refractivity contribution in [3.63, 3.8) is 0 Å². The van der Waals surface area contributed by atoms with Crippen molar-refractivity contribution in [1.82, 2.24) is 4.90 Å². The first kappa shape index (κ1) is 16.7. The molecule has 0 bridgehead atoms. The molecule has 112 valence electrons. The Hall–Kier alpha value is -1.39. The lowest BCUT2D eigenvalue weighted by molar-refractivity contribution is 0.0655. The van der Waals surface area contributed by atoms with E-state index in [4.69, 9.17) is 9.84 Å². The maximum atomic E-state index is 12.3. The third-order valence-corrected chi connectivity index (χ3v) is 3.04. The van der Waals surface area contributed by atoms with Crippen LogP contribution in [0.15, 0.2) is 24.3 Å². The molecule has 1 amide bonds. The highest BCUT2D eigenvalue weighted by molar-refractivity contribution is 5.94. The van der Waals surface area contributed by atoms with E-state index in [2.05, 4.69) is 0 Å². The van der Waals surface area contributed by atoms with Crippen molar-refractivity contribution in [2.24, 2.45) is 0 Å². The second-order valence-electron chi connectivity index (χ2n) is 5.02. The highest BCUT2D eigenvalue weighted by Gasteiger charge is 2.13. The molecule has 0 aliphatic heterocycles. The molecule has 1 aromatic carbocycles. The van der Waals surface area contributed by atoms with Gasteiger partial charge >= 0.3 is 0 Å². The number of rotatable bonds is 8. The Labute approximate surface area is 121 Å². The summed E-state index contributed by atoms with van der Waals surface area (Å²) in [6.07, 6.45) is 0.810. The summed E-state index contributed by atoms with van der Waals surface area (Å²) in [4.78, 5) is 14.0. The summed E-state index contributed by atoms with van der Waals surface area (Å²) in [6, 6.07) is 7.52. The molecular formula is C16H25NO3. The van der Waals surface area contributed by atoms with Gasteiger partial charge in [0.2, 0.25) is 0 Å². The van der Waals surface area contributed by atoms with E-state index in [-0.39, 0.29) is 18.6 Å². The zero-order chi connectivity index (χ0) is 15.0. The van der Waals surface area contributed by atoms with Gasteiger partial charge in [0.05, 0.1) is 12.7 Å². The first-order valence-corrected chi connectivity index (χ1v) is 7.19. The number of hydrogen-bond acceptors (Lipinski definition) is 3. The molecule has 4 nitrogen and oxygen atoms in total. The molecule has 0 radical (unpaired) electrons. The van der Waals surface area contributed by atoms with Gasteiger partial charge < -0.3 is 14.7 Å². The lowest BCUT2D eigenvalue weighted by Gasteiger charge is -2.20. The topological polar surface area (TPSA) is 49.8 Å². The first-order chi connectivity index (χ1) is 9.58. The Balaban J connectivity index is 2.64. The van der Waals surface area contributed by atoms with Crippen molar-refractivity contribution >= 4 is 5.91 Å². The molecule has 0 saturated carbocycles. The number of carbonyl (C=O) groups excluding carboxylic acids is 1. The molecule has 0 spiro atoms. The predicted octanol–water partition coefficient (Wildman–Crippen LogP) is 2.46. The fraction of sp³-hybridized carbons (Fsp3) is 0.562. The lowest BCUT2D eigenvalue weighted by atomic mass is 10.1. The van der Waals surface area contributed by atoms with Gasteiger partial charge in [0.15, 0.2) is 0 Å². The molecule has 0 heterocycles. The van der Waals surface area contributed by atoms with E-state index >= 15 is 0 Å². The van der Waals surface area contributed by atoms with Crippen LogP contribution in [0.1, 0.15) is 43.1 Å². The average Bonchev–Trinajstić information content (AvgIpc) is 2.46. The molecule has 0 fully saturated rings. The Morgan fingerprint density at radius 2 is 1.95 bits per heavy atom. The van der Waals surface area contributed by atoms with Crippen LogP contribution in [-0.4, -0.2) is 41.7 Å². The highest BCUT2D eigenvalue weighted by Crippen LogP contribution is 2.10. The smallest absolute Gasteiger partial charge is 0.253 e. The van der Waals surface area contributed by atoms with Gasteiger partial charge in [-0.15, -0.1) is 0 Å². The number of carbonyl (C=O) groups is 1. The van der Waals surface area contributed by atoms with E-state index in [1.165, 1.54) is 0 Å². The summed E-state index contributed by atoms with van der Waals surface area (Å²) in [5.74, 6) is 0.0114. The van der Waals surface area contributed by atoms with Crippen LogP contribution in [0.4, 0.5) is 0 Å². The maximum absolute atomic E-state index is 12.3. The van der Waals surface area contributed by atoms with E-state index in [9.17, 15) is 4.79 Å². The normalized spacial score (nSPS) is 10.8. The summed E-state index contributed by atoms with van der Waals surface area (Å²) < 4.78 is 5.53. The van der Waals surface area contributed by atoms with Crippen LogP contribution in [0, 0.1) is 0 Å². The van der Waals surface area contributed by atoms with Crippen LogP contribution in [0.3, 0.4) is 0 Å². The number of aliphatic hydroxyl groups excluding tert-OH is 1. The van der Waals surface area contributed by atoms with Crippen molar-refractivity contribution in [1.29, 1.82) is 0 Å². The molecule has 0 aliphatic rings. The zero-order valence-electron chi connectivity index (χ0n) is 12.6. The monoisotopic (exact) mass is 279 g/mol. The van der Waals surface area contributed by atoms with Gasteiger partial charge in [-0.1, -0.05) is 12.1 Å². The van der Waals surface area contributed by atoms with E-state index in [0.29, 0.717) is 31.7 Å². The van der Waals surface area contributed by atoms with Crippen molar-refractivity contribution in [3.05, 3.63) is 35.4 Å². The minimum atomic E-state index is 0.0114. The lowest BCUT2D eigenvalue weighted by Crippen LogP contribution is -2.32. The molecule has 1 rings (SSSR count). The number of hydrogen-bond donors (Lipinski definition) is 1. The molecule has 20 heavy (non-hydrogen) atoms. The van der Waals surface area contributed by atoms with Crippen molar-refractivity contribution < 1.29 is 14.6 Å². The predicted molar refractivity (Wildman–Crippen MR) is 79.6 cm³/mol. The molecule has 4 heteroatoms. The third-order valence-electron chi connectivity index (χ3n) is 3.04. The standard InChI is InChI=1S/C16H25NO3/c1-4-17(10-5-11-18)16(19)15-8-6-14(7-9-15)12-20-13(2)3/h6-9,13,18H,4-5,10-12H2,1-3H3. The second-order valence-corrected chi connectivity index (χ2v) is 5.02. The van der Waals surface area contributed by atoms with Gasteiger partial charge in [-0.2, -0.15) is 0 Å². The zero-order valence-corrected chi connectivity index (χ0v) is 12.6. The summed E-state index contributed by atoms with van der Waals surface area (Å²) in [6.45, 7) is 7.85. The molecule has 0 saturated heterocycles. The van der Waals surface area contributed by atoms with Crippen molar-refractivity contribution in [2.45, 2.75) is 39.9 Å². The largest absolute Gasteiger partial charge is 0.396 e. The van der Waals surface area contributed by atoms with E-state index in [1.54, 1.807) is 4.90 Å². The van der Waals surface area contributed by atoms with E-state index in [0.717, 1.165) is 5.56 Å². The fourth-order valence-electron chi connectivity index (χ4n) is 1.85. The Morgan fingerprint density at radius 3 is 2.45 bits per heavy atom. The number of nitrogens with zero attached hydrogens (tertiary/aromatic N) is 1. The SMILES string of the molecule is CCN(CCCO)C(=O)c1ccc(COC(C)C)cc1. The molecule has 0 aromatic heterocycles. The van der Waals surface area contributed by atoms with Crippen LogP contribution in [-0.2, 0) is 11.3 Å². The third kappa shape index (κ3) is 5.31. The molecule has 0 aliphatic carbocycles. The summed E-state index contributed by atoms with van der Waals surface area (Å²) >= 11 is 0. The van der Waals surface area contributed by atoms with Crippen LogP contribution < -0.4 is 0 Å².